The summed E-state index contributed by atoms with van der Waals surface area (Å²) in [5.41, 5.74) is 1.00. The summed E-state index contributed by atoms with van der Waals surface area (Å²) in [5.74, 6) is 0.455. The first-order valence-electron chi connectivity index (χ1n) is 7.21. The highest BCUT2D eigenvalue weighted by atomic mass is 16.6. The van der Waals surface area contributed by atoms with Crippen LogP contribution >= 0.6 is 0 Å². The second-order valence-corrected chi connectivity index (χ2v) is 5.27. The van der Waals surface area contributed by atoms with E-state index in [0.29, 0.717) is 30.2 Å². The van der Waals surface area contributed by atoms with Gasteiger partial charge in [-0.3, -0.25) is 19.5 Å². The fourth-order valence-electron chi connectivity index (χ4n) is 2.47. The van der Waals surface area contributed by atoms with E-state index in [4.69, 9.17) is 4.74 Å². The molecule has 0 radical (unpaired) electrons. The second kappa shape index (κ2) is 6.27. The number of non-ortho nitro benzene ring substituents is 1. The lowest BCUT2D eigenvalue weighted by Gasteiger charge is -2.23. The molecule has 2 heterocycles. The number of nitrogens with one attached hydrogen (secondary N) is 1. The number of nitro benzene ring substituents is 1. The van der Waals surface area contributed by atoms with Crippen LogP contribution in [-0.4, -0.2) is 34.2 Å². The molecule has 0 amide bonds. The van der Waals surface area contributed by atoms with Gasteiger partial charge in [0.1, 0.15) is 11.9 Å². The summed E-state index contributed by atoms with van der Waals surface area (Å²) >= 11 is 0. The van der Waals surface area contributed by atoms with Gasteiger partial charge in [-0.1, -0.05) is 0 Å². The first-order valence-corrected chi connectivity index (χ1v) is 7.21. The van der Waals surface area contributed by atoms with Crippen molar-refractivity contribution in [2.75, 3.05) is 19.7 Å². The maximum atomic E-state index is 12.2. The lowest BCUT2D eigenvalue weighted by Crippen LogP contribution is -2.35. The van der Waals surface area contributed by atoms with E-state index in [1.54, 1.807) is 19.2 Å². The second-order valence-electron chi connectivity index (χ2n) is 5.27. The number of nitrogens with zero attached hydrogens (tertiary/aromatic N) is 3. The van der Waals surface area contributed by atoms with Crippen LogP contribution in [0.2, 0.25) is 0 Å². The Morgan fingerprint density at radius 1 is 1.39 bits per heavy atom. The van der Waals surface area contributed by atoms with Crippen LogP contribution in [0.5, 0.6) is 0 Å². The van der Waals surface area contributed by atoms with Gasteiger partial charge in [-0.25, -0.2) is 4.98 Å². The van der Waals surface area contributed by atoms with Gasteiger partial charge in [0.15, 0.2) is 0 Å². The van der Waals surface area contributed by atoms with Crippen molar-refractivity contribution < 1.29 is 9.66 Å². The van der Waals surface area contributed by atoms with E-state index in [2.05, 4.69) is 10.3 Å². The van der Waals surface area contributed by atoms with Gasteiger partial charge in [0.25, 0.3) is 11.2 Å². The molecule has 2 aromatic rings. The zero-order valence-corrected chi connectivity index (χ0v) is 12.6. The molecule has 0 bridgehead atoms. The Bertz CT molecular complexity index is 779. The van der Waals surface area contributed by atoms with E-state index in [1.165, 1.54) is 22.8 Å². The average molecular weight is 316 g/mol. The summed E-state index contributed by atoms with van der Waals surface area (Å²) < 4.78 is 7.06. The van der Waals surface area contributed by atoms with Crippen LogP contribution in [0.15, 0.2) is 35.1 Å². The molecular weight excluding hydrogens is 300 g/mol. The normalized spacial score (nSPS) is 17.9. The summed E-state index contributed by atoms with van der Waals surface area (Å²) in [5, 5.41) is 13.9. The van der Waals surface area contributed by atoms with E-state index in [1.807, 2.05) is 0 Å². The van der Waals surface area contributed by atoms with Gasteiger partial charge >= 0.3 is 0 Å². The molecule has 1 atom stereocenters. The number of hydrogen-bond donors (Lipinski definition) is 1. The Morgan fingerprint density at radius 2 is 2.13 bits per heavy atom. The maximum Gasteiger partial charge on any atom is 0.269 e. The molecule has 120 valence electrons. The van der Waals surface area contributed by atoms with Crippen LogP contribution < -0.4 is 10.9 Å². The molecule has 0 spiro atoms. The zero-order valence-electron chi connectivity index (χ0n) is 12.6. The Hall–Kier alpha value is -2.58. The fraction of sp³-hybridized carbons (Fsp3) is 0.333. The van der Waals surface area contributed by atoms with Gasteiger partial charge in [-0.2, -0.15) is 0 Å². The number of rotatable bonds is 3. The van der Waals surface area contributed by atoms with Crippen molar-refractivity contribution >= 4 is 5.69 Å². The summed E-state index contributed by atoms with van der Waals surface area (Å²) in [4.78, 5) is 27.0. The smallest absolute Gasteiger partial charge is 0.269 e. The van der Waals surface area contributed by atoms with Crippen molar-refractivity contribution in [2.24, 2.45) is 7.05 Å². The van der Waals surface area contributed by atoms with Gasteiger partial charge in [0.2, 0.25) is 0 Å². The van der Waals surface area contributed by atoms with Crippen molar-refractivity contribution in [3.8, 4) is 11.4 Å². The summed E-state index contributed by atoms with van der Waals surface area (Å²) in [6, 6.07) is 7.43. The quantitative estimate of drug-likeness (QED) is 0.670. The molecule has 8 heteroatoms. The van der Waals surface area contributed by atoms with E-state index in [0.717, 1.165) is 6.54 Å². The highest BCUT2D eigenvalue weighted by Gasteiger charge is 2.20. The Kier molecular flexibility index (Phi) is 4.18. The standard InChI is InChI=1S/C15H16N4O4/c1-18-14(20)8-12(13-9-16-6-7-23-13)17-15(18)10-2-4-11(5-3-10)19(21)22/h2-5,8,13,16H,6-7,9H2,1H3. The minimum atomic E-state index is -0.464. The molecule has 1 aromatic carbocycles. The van der Waals surface area contributed by atoms with Gasteiger partial charge in [-0.15, -0.1) is 0 Å². The van der Waals surface area contributed by atoms with Crippen molar-refractivity contribution in [1.29, 1.82) is 0 Å². The van der Waals surface area contributed by atoms with E-state index in [9.17, 15) is 14.9 Å². The minimum absolute atomic E-state index is 0.00489. The summed E-state index contributed by atoms with van der Waals surface area (Å²) in [6.45, 7) is 1.94. The van der Waals surface area contributed by atoms with Crippen LogP contribution in [-0.2, 0) is 11.8 Å². The SMILES string of the molecule is Cn1c(-c2ccc([N+](=O)[O-])cc2)nc(C2CNCCO2)cc1=O. The third kappa shape index (κ3) is 3.13. The molecular formula is C15H16N4O4. The Balaban J connectivity index is 2.02. The number of benzene rings is 1. The topological polar surface area (TPSA) is 99.3 Å². The number of aromatic nitrogens is 2. The van der Waals surface area contributed by atoms with E-state index in [-0.39, 0.29) is 17.4 Å². The van der Waals surface area contributed by atoms with Gasteiger partial charge in [0, 0.05) is 43.9 Å². The number of ether oxygens (including phenoxy) is 1. The predicted molar refractivity (Wildman–Crippen MR) is 83.1 cm³/mol. The molecule has 1 aromatic heterocycles. The average Bonchev–Trinajstić information content (AvgIpc) is 2.58. The van der Waals surface area contributed by atoms with E-state index < -0.39 is 4.92 Å². The predicted octanol–water partition coefficient (Wildman–Crippen LogP) is 1.02. The van der Waals surface area contributed by atoms with Crippen molar-refractivity contribution in [1.82, 2.24) is 14.9 Å². The molecule has 23 heavy (non-hydrogen) atoms. The Labute approximate surface area is 131 Å². The summed E-state index contributed by atoms with van der Waals surface area (Å²) in [7, 11) is 1.62. The number of nitro groups is 1. The molecule has 1 saturated heterocycles. The lowest BCUT2D eigenvalue weighted by atomic mass is 10.1. The third-order valence-electron chi connectivity index (χ3n) is 3.75. The van der Waals surface area contributed by atoms with Crippen LogP contribution in [0, 0.1) is 10.1 Å². The highest BCUT2D eigenvalue weighted by Crippen LogP contribution is 2.22. The van der Waals surface area contributed by atoms with Crippen LogP contribution in [0.3, 0.4) is 0 Å². The number of morpholine rings is 1. The first kappa shape index (κ1) is 15.3. The zero-order chi connectivity index (χ0) is 16.4. The molecule has 1 aliphatic heterocycles. The van der Waals surface area contributed by atoms with E-state index >= 15 is 0 Å². The monoisotopic (exact) mass is 316 g/mol. The molecule has 1 N–H and O–H groups in total. The fourth-order valence-corrected chi connectivity index (χ4v) is 2.47. The third-order valence-corrected chi connectivity index (χ3v) is 3.75. The van der Waals surface area contributed by atoms with Gasteiger partial charge in [0.05, 0.1) is 17.2 Å². The molecule has 1 aliphatic rings. The number of hydrogen-bond acceptors (Lipinski definition) is 6. The lowest BCUT2D eigenvalue weighted by molar-refractivity contribution is -0.384. The van der Waals surface area contributed by atoms with Crippen molar-refractivity contribution in [2.45, 2.75) is 6.10 Å². The first-order chi connectivity index (χ1) is 11.1. The molecule has 1 fully saturated rings. The summed E-state index contributed by atoms with van der Waals surface area (Å²) in [6.07, 6.45) is -0.269. The van der Waals surface area contributed by atoms with Crippen LogP contribution in [0.4, 0.5) is 5.69 Å². The molecule has 1 unspecified atom stereocenters. The molecule has 0 aliphatic carbocycles. The van der Waals surface area contributed by atoms with Crippen LogP contribution in [0.1, 0.15) is 11.8 Å². The minimum Gasteiger partial charge on any atom is -0.369 e. The molecule has 0 saturated carbocycles. The van der Waals surface area contributed by atoms with Crippen molar-refractivity contribution in [3.63, 3.8) is 0 Å². The van der Waals surface area contributed by atoms with Crippen molar-refractivity contribution in [3.05, 3.63) is 56.5 Å². The van der Waals surface area contributed by atoms with Gasteiger partial charge in [-0.05, 0) is 12.1 Å². The maximum absolute atomic E-state index is 12.2. The largest absolute Gasteiger partial charge is 0.369 e. The Morgan fingerprint density at radius 3 is 2.74 bits per heavy atom. The van der Waals surface area contributed by atoms with Gasteiger partial charge < -0.3 is 10.1 Å². The highest BCUT2D eigenvalue weighted by molar-refractivity contribution is 5.57. The molecule has 3 rings (SSSR count). The van der Waals surface area contributed by atoms with Crippen LogP contribution in [0.25, 0.3) is 11.4 Å². The molecule has 8 nitrogen and oxygen atoms in total.